The summed E-state index contributed by atoms with van der Waals surface area (Å²) in [4.78, 5) is 0. The molecule has 0 bridgehead atoms. The Bertz CT molecular complexity index is 300. The molecule has 1 aliphatic rings. The van der Waals surface area contributed by atoms with Crippen LogP contribution in [0.15, 0.2) is 19.7 Å². The van der Waals surface area contributed by atoms with Gasteiger partial charge in [0.05, 0.1) is 0 Å². The molecule has 0 atom stereocenters. The van der Waals surface area contributed by atoms with Crippen LogP contribution in [0.2, 0.25) is 39.3 Å². The monoisotopic (exact) mass is 299 g/mol. The van der Waals surface area contributed by atoms with Crippen molar-refractivity contribution in [2.75, 3.05) is 0 Å². The molecular formula is C11H21Si2Zr. The van der Waals surface area contributed by atoms with E-state index in [1.54, 1.807) is 33.2 Å². The van der Waals surface area contributed by atoms with Gasteiger partial charge in [0.1, 0.15) is 0 Å². The standard InChI is InChI=1S/C11H21Si2.Zr/c1-12(2,3)10-8-7-9-11(10)13(4,5)6;/h8H,7H2,1-6H3;. The topological polar surface area (TPSA) is 0 Å². The van der Waals surface area contributed by atoms with Crippen LogP contribution >= 0.6 is 0 Å². The number of rotatable bonds is 2. The molecule has 0 amide bonds. The zero-order valence-corrected chi connectivity index (χ0v) is 14.7. The molecule has 0 aromatic heterocycles. The van der Waals surface area contributed by atoms with Crippen LogP contribution in [-0.2, 0) is 24.7 Å². The van der Waals surface area contributed by atoms with E-state index in [1.807, 2.05) is 5.20 Å². The van der Waals surface area contributed by atoms with Gasteiger partial charge in [-0.15, -0.1) is 0 Å². The van der Waals surface area contributed by atoms with Gasteiger partial charge in [-0.05, 0) is 0 Å². The summed E-state index contributed by atoms with van der Waals surface area (Å²) < 4.78 is 1.74. The van der Waals surface area contributed by atoms with Crippen LogP contribution < -0.4 is 0 Å². The molecule has 0 spiro atoms. The SMILES string of the molecule is C[Si](C)(C)C1=CC[C]([Zr])=C1[Si](C)(C)C. The van der Waals surface area contributed by atoms with E-state index in [1.165, 1.54) is 6.42 Å². The van der Waals surface area contributed by atoms with Gasteiger partial charge in [-0.2, -0.15) is 0 Å². The molecule has 0 N–H and O–H groups in total. The third-order valence-corrected chi connectivity index (χ3v) is 8.76. The van der Waals surface area contributed by atoms with Gasteiger partial charge >= 0.3 is 106 Å². The average Bonchev–Trinajstić information content (AvgIpc) is 2.27. The fourth-order valence-electron chi connectivity index (χ4n) is 2.11. The van der Waals surface area contributed by atoms with Crippen LogP contribution in [0.3, 0.4) is 0 Å². The first-order valence-corrected chi connectivity index (χ1v) is 13.5. The van der Waals surface area contributed by atoms with Crippen molar-refractivity contribution in [1.29, 1.82) is 0 Å². The van der Waals surface area contributed by atoms with Crippen molar-refractivity contribution in [1.82, 2.24) is 0 Å². The molecule has 77 valence electrons. The molecule has 0 saturated carbocycles. The molecule has 0 saturated heterocycles. The molecular weight excluding hydrogens is 280 g/mol. The summed E-state index contributed by atoms with van der Waals surface area (Å²) in [7, 11) is -2.18. The van der Waals surface area contributed by atoms with Crippen LogP contribution in [0, 0.1) is 0 Å². The molecule has 0 radical (unpaired) electrons. The molecule has 1 aliphatic carbocycles. The zero-order valence-electron chi connectivity index (χ0n) is 10.3. The van der Waals surface area contributed by atoms with Crippen molar-refractivity contribution >= 4 is 16.1 Å². The average molecular weight is 301 g/mol. The van der Waals surface area contributed by atoms with Crippen LogP contribution in [0.1, 0.15) is 6.42 Å². The summed E-state index contributed by atoms with van der Waals surface area (Å²) in [6.07, 6.45) is 3.79. The Kier molecular flexibility index (Phi) is 3.67. The Morgan fingerprint density at radius 3 is 1.79 bits per heavy atom. The number of allylic oxidation sites excluding steroid dienone is 4. The van der Waals surface area contributed by atoms with Gasteiger partial charge in [-0.3, -0.25) is 0 Å². The van der Waals surface area contributed by atoms with Crippen molar-refractivity contribution < 1.29 is 24.7 Å². The predicted octanol–water partition coefficient (Wildman–Crippen LogP) is 3.87. The molecule has 14 heavy (non-hydrogen) atoms. The van der Waals surface area contributed by atoms with E-state index in [0.717, 1.165) is 0 Å². The van der Waals surface area contributed by atoms with Crippen molar-refractivity contribution in [3.05, 3.63) is 19.7 Å². The number of hydrogen-bond acceptors (Lipinski definition) is 0. The first kappa shape index (κ1) is 12.9. The first-order valence-electron chi connectivity index (χ1n) is 5.30. The van der Waals surface area contributed by atoms with Gasteiger partial charge in [0.25, 0.3) is 0 Å². The molecule has 0 nitrogen and oxygen atoms in total. The van der Waals surface area contributed by atoms with Crippen molar-refractivity contribution in [3.8, 4) is 0 Å². The molecule has 0 unspecified atom stereocenters. The second-order valence-corrected chi connectivity index (χ2v) is 17.7. The fraction of sp³-hybridized carbons (Fsp3) is 0.636. The van der Waals surface area contributed by atoms with Gasteiger partial charge in [0.15, 0.2) is 0 Å². The normalized spacial score (nSPS) is 18.8. The zero-order chi connectivity index (χ0) is 11.1. The summed E-state index contributed by atoms with van der Waals surface area (Å²) >= 11 is 1.65. The van der Waals surface area contributed by atoms with Crippen molar-refractivity contribution in [2.24, 2.45) is 0 Å². The molecule has 1 rings (SSSR count). The molecule has 0 fully saturated rings. The Morgan fingerprint density at radius 2 is 1.50 bits per heavy atom. The maximum absolute atomic E-state index is 2.53. The summed E-state index contributed by atoms with van der Waals surface area (Å²) in [6, 6.07) is 0. The van der Waals surface area contributed by atoms with Crippen LogP contribution in [0.5, 0.6) is 0 Å². The second-order valence-electron chi connectivity index (χ2n) is 6.18. The van der Waals surface area contributed by atoms with Gasteiger partial charge in [0.2, 0.25) is 0 Å². The maximum atomic E-state index is 2.53. The van der Waals surface area contributed by atoms with Crippen molar-refractivity contribution in [2.45, 2.75) is 45.7 Å². The van der Waals surface area contributed by atoms with Gasteiger partial charge in [-0.25, -0.2) is 0 Å². The van der Waals surface area contributed by atoms with Crippen molar-refractivity contribution in [3.63, 3.8) is 0 Å². The molecule has 0 aromatic rings. The van der Waals surface area contributed by atoms with E-state index in [0.29, 0.717) is 0 Å². The summed E-state index contributed by atoms with van der Waals surface area (Å²) in [5, 5.41) is 3.61. The Labute approximate surface area is 106 Å². The molecule has 0 aromatic carbocycles. The van der Waals surface area contributed by atoms with Crippen LogP contribution in [0.25, 0.3) is 0 Å². The second kappa shape index (κ2) is 3.99. The van der Waals surface area contributed by atoms with E-state index >= 15 is 0 Å². The minimum absolute atomic E-state index is 1.09. The van der Waals surface area contributed by atoms with E-state index in [-0.39, 0.29) is 0 Å². The third-order valence-electron chi connectivity index (χ3n) is 2.64. The van der Waals surface area contributed by atoms with Gasteiger partial charge in [-0.1, -0.05) is 0 Å². The number of hydrogen-bond donors (Lipinski definition) is 0. The Hall–Kier alpha value is 0.797. The van der Waals surface area contributed by atoms with E-state index in [4.69, 9.17) is 0 Å². The van der Waals surface area contributed by atoms with E-state index < -0.39 is 16.1 Å². The first-order chi connectivity index (χ1) is 6.14. The summed E-state index contributed by atoms with van der Waals surface area (Å²) in [6.45, 7) is 14.9. The molecule has 3 heteroatoms. The third kappa shape index (κ3) is 2.68. The fourth-order valence-corrected chi connectivity index (χ4v) is 11.5. The summed E-state index contributed by atoms with van der Waals surface area (Å²) in [5.41, 5.74) is 0. The van der Waals surface area contributed by atoms with Gasteiger partial charge in [0, 0.05) is 0 Å². The van der Waals surface area contributed by atoms with E-state index in [9.17, 15) is 0 Å². The van der Waals surface area contributed by atoms with E-state index in [2.05, 4.69) is 45.4 Å². The predicted molar refractivity (Wildman–Crippen MR) is 66.4 cm³/mol. The summed E-state index contributed by atoms with van der Waals surface area (Å²) in [5.74, 6) is 0. The quantitative estimate of drug-likeness (QED) is 0.679. The van der Waals surface area contributed by atoms with Gasteiger partial charge < -0.3 is 0 Å². The van der Waals surface area contributed by atoms with Crippen LogP contribution in [0.4, 0.5) is 0 Å². The van der Waals surface area contributed by atoms with Crippen LogP contribution in [-0.4, -0.2) is 16.1 Å². The Morgan fingerprint density at radius 1 is 1.00 bits per heavy atom. The molecule has 0 aliphatic heterocycles. The Balaban J connectivity index is 3.15. The molecule has 0 heterocycles. The minimum atomic E-state index is -1.09.